The number of ether oxygens (including phenoxy) is 3. The van der Waals surface area contributed by atoms with Crippen LogP contribution in [0, 0.1) is 6.92 Å². The minimum atomic E-state index is 0.574. The van der Waals surface area contributed by atoms with Crippen LogP contribution in [0.2, 0.25) is 0 Å². The number of aryl methyl sites for hydroxylation is 1. The molecule has 0 radical (unpaired) electrons. The van der Waals surface area contributed by atoms with Gasteiger partial charge in [-0.15, -0.1) is 0 Å². The van der Waals surface area contributed by atoms with Crippen molar-refractivity contribution in [3.8, 4) is 0 Å². The van der Waals surface area contributed by atoms with Crippen LogP contribution in [-0.2, 0) is 27.4 Å². The number of hydrogen-bond acceptors (Lipinski definition) is 5. The standard InChI is InChI=1S/C16H29NO4/c1-4-6-17-12-16-11-15(14(2)21-16)13-20-10-9-19-8-5-7-18-3/h11,17H,4-10,12-13H2,1-3H3. The largest absolute Gasteiger partial charge is 0.465 e. The Hall–Kier alpha value is -0.880. The molecule has 1 aromatic heterocycles. The van der Waals surface area contributed by atoms with Crippen molar-refractivity contribution in [1.29, 1.82) is 0 Å². The smallest absolute Gasteiger partial charge is 0.118 e. The fraction of sp³-hybridized carbons (Fsp3) is 0.750. The molecule has 1 rings (SSSR count). The van der Waals surface area contributed by atoms with E-state index in [4.69, 9.17) is 18.6 Å². The second-order valence-electron chi connectivity index (χ2n) is 4.98. The van der Waals surface area contributed by atoms with Crippen LogP contribution in [0.4, 0.5) is 0 Å². The molecule has 0 bridgehead atoms. The van der Waals surface area contributed by atoms with Gasteiger partial charge in [-0.1, -0.05) is 6.92 Å². The topological polar surface area (TPSA) is 52.9 Å². The summed E-state index contributed by atoms with van der Waals surface area (Å²) in [4.78, 5) is 0. The quantitative estimate of drug-likeness (QED) is 0.568. The highest BCUT2D eigenvalue weighted by Gasteiger charge is 2.07. The summed E-state index contributed by atoms with van der Waals surface area (Å²) < 4.78 is 21.7. The lowest BCUT2D eigenvalue weighted by Crippen LogP contribution is -2.13. The number of hydrogen-bond donors (Lipinski definition) is 1. The first-order valence-corrected chi connectivity index (χ1v) is 7.71. The molecule has 0 aliphatic rings. The number of rotatable bonds is 13. The summed E-state index contributed by atoms with van der Waals surface area (Å²) in [5.74, 6) is 1.90. The molecule has 1 aromatic rings. The van der Waals surface area contributed by atoms with E-state index in [0.29, 0.717) is 19.8 Å². The van der Waals surface area contributed by atoms with Crippen molar-refractivity contribution < 1.29 is 18.6 Å². The van der Waals surface area contributed by atoms with Crippen LogP contribution in [0.25, 0.3) is 0 Å². The molecule has 0 aliphatic carbocycles. The first-order valence-electron chi connectivity index (χ1n) is 7.71. The molecule has 0 aliphatic heterocycles. The summed E-state index contributed by atoms with van der Waals surface area (Å²) in [5, 5.41) is 3.33. The summed E-state index contributed by atoms with van der Waals surface area (Å²) in [5.41, 5.74) is 1.11. The van der Waals surface area contributed by atoms with Gasteiger partial charge in [0.15, 0.2) is 0 Å². The van der Waals surface area contributed by atoms with Crippen LogP contribution in [0.15, 0.2) is 10.5 Å². The third-order valence-corrected chi connectivity index (χ3v) is 3.06. The zero-order valence-corrected chi connectivity index (χ0v) is 13.6. The molecule has 1 heterocycles. The van der Waals surface area contributed by atoms with Gasteiger partial charge in [0, 0.05) is 25.9 Å². The minimum absolute atomic E-state index is 0.574. The van der Waals surface area contributed by atoms with Crippen molar-refractivity contribution in [2.45, 2.75) is 39.8 Å². The maximum Gasteiger partial charge on any atom is 0.118 e. The predicted octanol–water partition coefficient (Wildman–Crippen LogP) is 2.66. The van der Waals surface area contributed by atoms with Crippen molar-refractivity contribution in [1.82, 2.24) is 5.32 Å². The Morgan fingerprint density at radius 2 is 1.95 bits per heavy atom. The van der Waals surface area contributed by atoms with Crippen molar-refractivity contribution in [3.05, 3.63) is 23.2 Å². The summed E-state index contributed by atoms with van der Waals surface area (Å²) in [6.45, 7) is 9.15. The van der Waals surface area contributed by atoms with E-state index in [1.165, 1.54) is 0 Å². The summed E-state index contributed by atoms with van der Waals surface area (Å²) in [6.07, 6.45) is 2.05. The number of methoxy groups -OCH3 is 1. The van der Waals surface area contributed by atoms with E-state index in [-0.39, 0.29) is 0 Å². The molecule has 0 saturated heterocycles. The minimum Gasteiger partial charge on any atom is -0.465 e. The summed E-state index contributed by atoms with van der Waals surface area (Å²) in [7, 11) is 1.70. The second-order valence-corrected chi connectivity index (χ2v) is 4.98. The predicted molar refractivity (Wildman–Crippen MR) is 82.4 cm³/mol. The Balaban J connectivity index is 2.11. The molecular weight excluding hydrogens is 270 g/mol. The summed E-state index contributed by atoms with van der Waals surface area (Å²) in [6, 6.07) is 2.07. The van der Waals surface area contributed by atoms with E-state index in [1.54, 1.807) is 7.11 Å². The molecule has 0 aromatic carbocycles. The van der Waals surface area contributed by atoms with Gasteiger partial charge in [-0.05, 0) is 32.4 Å². The highest BCUT2D eigenvalue weighted by molar-refractivity contribution is 5.19. The van der Waals surface area contributed by atoms with Gasteiger partial charge in [0.05, 0.1) is 26.4 Å². The van der Waals surface area contributed by atoms with Gasteiger partial charge in [-0.25, -0.2) is 0 Å². The second kappa shape index (κ2) is 11.7. The van der Waals surface area contributed by atoms with Gasteiger partial charge >= 0.3 is 0 Å². The van der Waals surface area contributed by atoms with Crippen molar-refractivity contribution in [2.75, 3.05) is 40.1 Å². The van der Waals surface area contributed by atoms with Crippen LogP contribution < -0.4 is 5.32 Å². The van der Waals surface area contributed by atoms with Crippen LogP contribution in [0.1, 0.15) is 36.8 Å². The Morgan fingerprint density at radius 3 is 2.71 bits per heavy atom. The van der Waals surface area contributed by atoms with Crippen LogP contribution in [0.3, 0.4) is 0 Å². The van der Waals surface area contributed by atoms with Crippen LogP contribution >= 0.6 is 0 Å². The van der Waals surface area contributed by atoms with Crippen molar-refractivity contribution in [2.24, 2.45) is 0 Å². The van der Waals surface area contributed by atoms with Gasteiger partial charge in [-0.3, -0.25) is 0 Å². The molecular formula is C16H29NO4. The zero-order valence-electron chi connectivity index (χ0n) is 13.6. The van der Waals surface area contributed by atoms with Crippen LogP contribution in [0.5, 0.6) is 0 Å². The molecule has 122 valence electrons. The molecule has 21 heavy (non-hydrogen) atoms. The molecule has 0 saturated carbocycles. The Morgan fingerprint density at radius 1 is 1.14 bits per heavy atom. The molecule has 5 nitrogen and oxygen atoms in total. The maximum absolute atomic E-state index is 5.70. The highest BCUT2D eigenvalue weighted by atomic mass is 16.5. The lowest BCUT2D eigenvalue weighted by molar-refractivity contribution is 0.0334. The van der Waals surface area contributed by atoms with Crippen molar-refractivity contribution in [3.63, 3.8) is 0 Å². The van der Waals surface area contributed by atoms with Crippen molar-refractivity contribution >= 4 is 0 Å². The highest BCUT2D eigenvalue weighted by Crippen LogP contribution is 2.15. The van der Waals surface area contributed by atoms with Gasteiger partial charge in [0.25, 0.3) is 0 Å². The lowest BCUT2D eigenvalue weighted by atomic mass is 10.2. The van der Waals surface area contributed by atoms with Gasteiger partial charge < -0.3 is 23.9 Å². The fourth-order valence-electron chi connectivity index (χ4n) is 1.91. The van der Waals surface area contributed by atoms with Gasteiger partial charge in [0.1, 0.15) is 11.5 Å². The monoisotopic (exact) mass is 299 g/mol. The average Bonchev–Trinajstić information content (AvgIpc) is 2.82. The van der Waals surface area contributed by atoms with Crippen LogP contribution in [-0.4, -0.2) is 40.1 Å². The normalized spacial score (nSPS) is 11.2. The summed E-state index contributed by atoms with van der Waals surface area (Å²) >= 11 is 0. The molecule has 0 amide bonds. The van der Waals surface area contributed by atoms with E-state index >= 15 is 0 Å². The molecule has 5 heteroatoms. The molecule has 0 atom stereocenters. The Kier molecular flexibility index (Phi) is 10.2. The van der Waals surface area contributed by atoms with E-state index in [2.05, 4.69) is 18.3 Å². The number of nitrogens with one attached hydrogen (secondary N) is 1. The molecule has 0 fully saturated rings. The van der Waals surface area contributed by atoms with E-state index < -0.39 is 0 Å². The molecule has 0 unspecified atom stereocenters. The van der Waals surface area contributed by atoms with Gasteiger partial charge in [-0.2, -0.15) is 0 Å². The van der Waals surface area contributed by atoms with Gasteiger partial charge in [0.2, 0.25) is 0 Å². The fourth-order valence-corrected chi connectivity index (χ4v) is 1.91. The molecule has 1 N–H and O–H groups in total. The van der Waals surface area contributed by atoms with E-state index in [0.717, 1.165) is 56.2 Å². The first kappa shape index (κ1) is 18.2. The maximum atomic E-state index is 5.70. The van der Waals surface area contributed by atoms with E-state index in [1.807, 2.05) is 6.92 Å². The third kappa shape index (κ3) is 8.21. The zero-order chi connectivity index (χ0) is 15.3. The first-order chi connectivity index (χ1) is 10.3. The third-order valence-electron chi connectivity index (χ3n) is 3.06. The molecule has 0 spiro atoms. The number of furan rings is 1. The van der Waals surface area contributed by atoms with E-state index in [9.17, 15) is 0 Å². The Bertz CT molecular complexity index is 365. The average molecular weight is 299 g/mol. The Labute approximate surface area is 127 Å². The lowest BCUT2D eigenvalue weighted by Gasteiger charge is -2.05. The SMILES string of the molecule is CCCNCc1cc(COCCOCCCOC)c(C)o1.